The molecule has 8 nitrogen and oxygen atoms in total. The number of fused-ring (bicyclic) bond motifs is 1. The molecular weight excluding hydrogens is 631 g/mol. The highest BCUT2D eigenvalue weighted by atomic mass is 127. The van der Waals surface area contributed by atoms with Crippen molar-refractivity contribution in [3.63, 3.8) is 0 Å². The van der Waals surface area contributed by atoms with E-state index in [1.165, 1.54) is 23.0 Å². The van der Waals surface area contributed by atoms with E-state index in [1.807, 2.05) is 36.4 Å². The van der Waals surface area contributed by atoms with Crippen LogP contribution in [0.5, 0.6) is 11.5 Å². The van der Waals surface area contributed by atoms with Gasteiger partial charge < -0.3 is 18.6 Å². The molecule has 4 aromatic rings. The summed E-state index contributed by atoms with van der Waals surface area (Å²) in [7, 11) is 3.09. The Balaban J connectivity index is 1.67. The lowest BCUT2D eigenvalue weighted by Crippen LogP contribution is -2.40. The predicted molar refractivity (Wildman–Crippen MR) is 157 cm³/mol. The topological polar surface area (TPSA) is 92.3 Å². The lowest BCUT2D eigenvalue weighted by Gasteiger charge is -2.26. The Morgan fingerprint density at radius 3 is 2.59 bits per heavy atom. The maximum atomic E-state index is 13.9. The first kappa shape index (κ1) is 26.9. The first-order valence-electron chi connectivity index (χ1n) is 12.1. The monoisotopic (exact) mass is 656 g/mol. The Kier molecular flexibility index (Phi) is 7.76. The number of allylic oxidation sites excluding steroid dienone is 1. The molecule has 0 amide bonds. The van der Waals surface area contributed by atoms with Gasteiger partial charge in [-0.1, -0.05) is 23.5 Å². The van der Waals surface area contributed by atoms with Crippen LogP contribution in [0.25, 0.3) is 17.4 Å². The van der Waals surface area contributed by atoms with E-state index in [4.69, 9.17) is 18.6 Å². The fraction of sp³-hybridized carbons (Fsp3) is 0.207. The van der Waals surface area contributed by atoms with E-state index in [9.17, 15) is 9.59 Å². The number of carbonyl (C=O) groups excluding carboxylic acids is 1. The zero-order chi connectivity index (χ0) is 27.7. The highest BCUT2D eigenvalue weighted by molar-refractivity contribution is 14.1. The van der Waals surface area contributed by atoms with Gasteiger partial charge in [0.2, 0.25) is 0 Å². The summed E-state index contributed by atoms with van der Waals surface area (Å²) >= 11 is 3.48. The Bertz CT molecular complexity index is 1760. The minimum absolute atomic E-state index is 0.188. The van der Waals surface area contributed by atoms with Crippen LogP contribution >= 0.6 is 33.9 Å². The van der Waals surface area contributed by atoms with Gasteiger partial charge in [-0.2, -0.15) is 0 Å². The van der Waals surface area contributed by atoms with Crippen molar-refractivity contribution in [1.29, 1.82) is 0 Å². The van der Waals surface area contributed by atoms with Crippen molar-refractivity contribution in [1.82, 2.24) is 4.57 Å². The summed E-state index contributed by atoms with van der Waals surface area (Å²) < 4.78 is 25.5. The Morgan fingerprint density at radius 1 is 1.13 bits per heavy atom. The van der Waals surface area contributed by atoms with Crippen molar-refractivity contribution in [2.75, 3.05) is 20.8 Å². The van der Waals surface area contributed by atoms with Gasteiger partial charge in [-0.3, -0.25) is 9.36 Å². The lowest BCUT2D eigenvalue weighted by molar-refractivity contribution is -0.139. The minimum Gasteiger partial charge on any atom is -0.497 e. The fourth-order valence-electron chi connectivity index (χ4n) is 4.46. The molecule has 5 rings (SSSR count). The molecule has 0 saturated heterocycles. The van der Waals surface area contributed by atoms with Crippen molar-refractivity contribution in [2.24, 2.45) is 4.99 Å². The third-order valence-corrected chi connectivity index (χ3v) is 7.98. The molecule has 200 valence electrons. The molecule has 2 aromatic heterocycles. The SMILES string of the molecule is CCOC(=O)C1=C(C)N=c2s/c(=C\c3ccc(-c4ccc(I)cc4)o3)c(=O)n2[C@H]1c1ccc(OC)cc1OC. The number of hydrogen-bond donors (Lipinski definition) is 0. The maximum Gasteiger partial charge on any atom is 0.338 e. The largest absolute Gasteiger partial charge is 0.497 e. The molecule has 3 heterocycles. The van der Waals surface area contributed by atoms with Crippen molar-refractivity contribution >= 4 is 46.0 Å². The van der Waals surface area contributed by atoms with Crippen LogP contribution in [0.15, 0.2) is 80.1 Å². The number of ether oxygens (including phenoxy) is 3. The molecule has 39 heavy (non-hydrogen) atoms. The molecule has 0 bridgehead atoms. The third kappa shape index (κ3) is 5.18. The molecule has 0 saturated carbocycles. The number of furan rings is 1. The molecule has 1 atom stereocenters. The molecule has 1 aliphatic rings. The molecule has 1 aliphatic heterocycles. The van der Waals surface area contributed by atoms with E-state index < -0.39 is 12.0 Å². The van der Waals surface area contributed by atoms with Crippen molar-refractivity contribution < 1.29 is 23.4 Å². The Morgan fingerprint density at radius 2 is 1.90 bits per heavy atom. The number of benzene rings is 2. The minimum atomic E-state index is -0.803. The van der Waals surface area contributed by atoms with E-state index in [1.54, 1.807) is 45.2 Å². The average Bonchev–Trinajstić information content (AvgIpc) is 3.52. The second kappa shape index (κ2) is 11.2. The van der Waals surface area contributed by atoms with E-state index in [0.717, 1.165) is 9.13 Å². The molecule has 0 unspecified atom stereocenters. The lowest BCUT2D eigenvalue weighted by atomic mass is 9.95. The quantitative estimate of drug-likeness (QED) is 0.212. The molecule has 0 fully saturated rings. The zero-order valence-corrected chi connectivity index (χ0v) is 24.7. The average molecular weight is 656 g/mol. The summed E-state index contributed by atoms with van der Waals surface area (Å²) in [5, 5.41) is 0. The number of methoxy groups -OCH3 is 2. The van der Waals surface area contributed by atoms with Crippen LogP contribution in [-0.4, -0.2) is 31.4 Å². The van der Waals surface area contributed by atoms with Crippen LogP contribution < -0.4 is 24.4 Å². The summed E-state index contributed by atoms with van der Waals surface area (Å²) in [4.78, 5) is 32.1. The molecule has 10 heteroatoms. The van der Waals surface area contributed by atoms with Crippen molar-refractivity contribution in [2.45, 2.75) is 19.9 Å². The number of halogens is 1. The number of carbonyl (C=O) groups is 1. The number of hydrogen-bond acceptors (Lipinski definition) is 8. The van der Waals surface area contributed by atoms with E-state index in [0.29, 0.717) is 43.6 Å². The van der Waals surface area contributed by atoms with Gasteiger partial charge in [-0.05, 0) is 72.8 Å². The van der Waals surface area contributed by atoms with Gasteiger partial charge in [0, 0.05) is 26.8 Å². The number of aromatic nitrogens is 1. The van der Waals surface area contributed by atoms with Crippen LogP contribution in [-0.2, 0) is 9.53 Å². The normalized spacial score (nSPS) is 15.1. The number of nitrogens with zero attached hydrogens (tertiary/aromatic N) is 2. The van der Waals surface area contributed by atoms with Crippen molar-refractivity contribution in [3.05, 3.63) is 100 Å². The van der Waals surface area contributed by atoms with Gasteiger partial charge in [-0.15, -0.1) is 0 Å². The first-order valence-corrected chi connectivity index (χ1v) is 14.0. The first-order chi connectivity index (χ1) is 18.8. The van der Waals surface area contributed by atoms with Crippen LogP contribution in [0.1, 0.15) is 31.2 Å². The predicted octanol–water partition coefficient (Wildman–Crippen LogP) is 4.68. The van der Waals surface area contributed by atoms with Crippen molar-refractivity contribution in [3.8, 4) is 22.8 Å². The zero-order valence-electron chi connectivity index (χ0n) is 21.7. The molecular formula is C29H25IN2O6S. The summed E-state index contributed by atoms with van der Waals surface area (Å²) in [6, 6.07) is 16.2. The second-order valence-electron chi connectivity index (χ2n) is 8.62. The molecule has 2 aromatic carbocycles. The molecule has 0 radical (unpaired) electrons. The smallest absolute Gasteiger partial charge is 0.338 e. The van der Waals surface area contributed by atoms with E-state index in [2.05, 4.69) is 27.6 Å². The number of rotatable bonds is 7. The summed E-state index contributed by atoms with van der Waals surface area (Å²) in [5.41, 5.74) is 2.00. The summed E-state index contributed by atoms with van der Waals surface area (Å²) in [6.07, 6.45) is 1.70. The van der Waals surface area contributed by atoms with Gasteiger partial charge in [0.15, 0.2) is 4.80 Å². The van der Waals surface area contributed by atoms with Gasteiger partial charge in [0.05, 0.1) is 36.6 Å². The van der Waals surface area contributed by atoms with E-state index in [-0.39, 0.29) is 17.7 Å². The highest BCUT2D eigenvalue weighted by Gasteiger charge is 2.35. The van der Waals surface area contributed by atoms with E-state index >= 15 is 0 Å². The van der Waals surface area contributed by atoms with Gasteiger partial charge >= 0.3 is 5.97 Å². The standard InChI is InChI=1S/C29H25IN2O6S/c1-5-37-28(34)25-16(2)31-29-32(26(25)21-12-10-19(35-3)14-23(21)36-4)27(33)24(39-29)15-20-11-13-22(38-20)17-6-8-18(30)9-7-17/h6-15,26H,5H2,1-4H3/b24-15-/t26-/m0/s1. The van der Waals surface area contributed by atoms with Crippen LogP contribution in [0.2, 0.25) is 0 Å². The van der Waals surface area contributed by atoms with Gasteiger partial charge in [0.1, 0.15) is 29.1 Å². The van der Waals surface area contributed by atoms with Gasteiger partial charge in [0.25, 0.3) is 5.56 Å². The van der Waals surface area contributed by atoms with Crippen LogP contribution in [0.3, 0.4) is 0 Å². The summed E-state index contributed by atoms with van der Waals surface area (Å²) in [6.45, 7) is 3.67. The Labute approximate surface area is 242 Å². The van der Waals surface area contributed by atoms with Crippen LogP contribution in [0, 0.1) is 3.57 Å². The summed E-state index contributed by atoms with van der Waals surface area (Å²) in [5.74, 6) is 1.76. The number of thiazole rings is 1. The molecule has 0 aliphatic carbocycles. The van der Waals surface area contributed by atoms with Crippen LogP contribution in [0.4, 0.5) is 0 Å². The fourth-order valence-corrected chi connectivity index (χ4v) is 5.85. The highest BCUT2D eigenvalue weighted by Crippen LogP contribution is 2.37. The van der Waals surface area contributed by atoms with Gasteiger partial charge in [-0.25, -0.2) is 9.79 Å². The number of esters is 1. The third-order valence-electron chi connectivity index (χ3n) is 6.28. The Hall–Kier alpha value is -3.64. The molecule has 0 spiro atoms. The maximum absolute atomic E-state index is 13.9. The second-order valence-corrected chi connectivity index (χ2v) is 10.9. The molecule has 0 N–H and O–H groups in total.